The molecule has 0 aliphatic heterocycles. The summed E-state index contributed by atoms with van der Waals surface area (Å²) in [5, 5.41) is 4.36. The summed E-state index contributed by atoms with van der Waals surface area (Å²) in [6.45, 7) is 0. The normalized spacial score (nSPS) is 13.4. The van der Waals surface area contributed by atoms with Crippen molar-refractivity contribution in [2.45, 2.75) is 10.8 Å². The molecule has 2 atom stereocenters. The molecule has 0 spiro atoms. The van der Waals surface area contributed by atoms with Gasteiger partial charge in [-0.15, -0.1) is 23.2 Å². The van der Waals surface area contributed by atoms with Crippen LogP contribution in [-0.2, 0) is 0 Å². The van der Waals surface area contributed by atoms with Crippen molar-refractivity contribution in [2.75, 3.05) is 0 Å². The van der Waals surface area contributed by atoms with Crippen molar-refractivity contribution in [1.29, 1.82) is 0 Å². The van der Waals surface area contributed by atoms with Crippen LogP contribution in [-0.4, -0.2) is 0 Å². The van der Waals surface area contributed by atoms with Crippen molar-refractivity contribution in [3.05, 3.63) is 131 Å². The van der Waals surface area contributed by atoms with Crippen LogP contribution in [0.5, 0.6) is 0 Å². The molecule has 5 aromatic rings. The van der Waals surface area contributed by atoms with Crippen molar-refractivity contribution in [2.24, 2.45) is 0 Å². The van der Waals surface area contributed by atoms with Crippen LogP contribution in [0.4, 0.5) is 0 Å². The van der Waals surface area contributed by atoms with E-state index in [2.05, 4.69) is 109 Å². The fourth-order valence-electron chi connectivity index (χ4n) is 4.14. The summed E-state index contributed by atoms with van der Waals surface area (Å²) in [6.07, 6.45) is 0. The molecule has 0 aliphatic rings. The molecule has 0 bridgehead atoms. The maximum Gasteiger partial charge on any atom is 0.0841 e. The first-order chi connectivity index (χ1) is 14.7. The average Bonchev–Trinajstić information content (AvgIpc) is 2.82. The molecule has 0 aromatic heterocycles. The SMILES string of the molecule is ClC(c1ccc(C(Cl)c2cccc3ccccc23)cc1)c1cccc2ccccc12. The van der Waals surface area contributed by atoms with Gasteiger partial charge < -0.3 is 0 Å². The highest BCUT2D eigenvalue weighted by molar-refractivity contribution is 6.24. The van der Waals surface area contributed by atoms with E-state index in [4.69, 9.17) is 23.2 Å². The van der Waals surface area contributed by atoms with Crippen LogP contribution < -0.4 is 0 Å². The second-order valence-corrected chi connectivity index (χ2v) is 8.40. The third-order valence-electron chi connectivity index (χ3n) is 5.71. The summed E-state index contributed by atoms with van der Waals surface area (Å²) in [6, 6.07) is 37.7. The number of hydrogen-bond donors (Lipinski definition) is 0. The Morgan fingerprint density at radius 2 is 0.767 bits per heavy atom. The molecule has 2 unspecified atom stereocenters. The zero-order valence-electron chi connectivity index (χ0n) is 16.3. The van der Waals surface area contributed by atoms with Crippen LogP contribution in [0.25, 0.3) is 21.5 Å². The summed E-state index contributed by atoms with van der Waals surface area (Å²) >= 11 is 13.8. The highest BCUT2D eigenvalue weighted by atomic mass is 35.5. The largest absolute Gasteiger partial charge is 0.113 e. The topological polar surface area (TPSA) is 0 Å². The highest BCUT2D eigenvalue weighted by Gasteiger charge is 2.17. The first-order valence-electron chi connectivity index (χ1n) is 10.1. The molecule has 0 fully saturated rings. The van der Waals surface area contributed by atoms with Gasteiger partial charge in [0, 0.05) is 0 Å². The number of rotatable bonds is 4. The molecule has 0 nitrogen and oxygen atoms in total. The minimum Gasteiger partial charge on any atom is -0.113 e. The van der Waals surface area contributed by atoms with Crippen molar-refractivity contribution in [3.8, 4) is 0 Å². The van der Waals surface area contributed by atoms with Crippen molar-refractivity contribution < 1.29 is 0 Å². The molecule has 0 N–H and O–H groups in total. The molecule has 0 saturated heterocycles. The summed E-state index contributed by atoms with van der Waals surface area (Å²) in [4.78, 5) is 0. The Hall–Kier alpha value is -2.80. The Kier molecular flexibility index (Phi) is 5.21. The van der Waals surface area contributed by atoms with E-state index in [1.165, 1.54) is 21.5 Å². The molecule has 5 rings (SSSR count). The molecule has 0 saturated carbocycles. The van der Waals surface area contributed by atoms with Crippen molar-refractivity contribution in [3.63, 3.8) is 0 Å². The van der Waals surface area contributed by atoms with E-state index in [9.17, 15) is 0 Å². The van der Waals surface area contributed by atoms with Gasteiger partial charge in [0.05, 0.1) is 10.8 Å². The van der Waals surface area contributed by atoms with E-state index in [0.29, 0.717) is 0 Å². The van der Waals surface area contributed by atoms with E-state index in [-0.39, 0.29) is 10.8 Å². The maximum absolute atomic E-state index is 6.90. The zero-order valence-corrected chi connectivity index (χ0v) is 17.8. The quantitative estimate of drug-likeness (QED) is 0.252. The fourth-order valence-corrected chi connectivity index (χ4v) is 4.81. The molecular weight excluding hydrogens is 407 g/mol. The summed E-state index contributed by atoms with van der Waals surface area (Å²) in [5.74, 6) is 0. The summed E-state index contributed by atoms with van der Waals surface area (Å²) in [5.41, 5.74) is 4.38. The minimum atomic E-state index is -0.212. The van der Waals surface area contributed by atoms with Crippen LogP contribution in [0.2, 0.25) is 0 Å². The Labute approximate surface area is 186 Å². The van der Waals surface area contributed by atoms with E-state index >= 15 is 0 Å². The molecular formula is C28H20Cl2. The average molecular weight is 427 g/mol. The van der Waals surface area contributed by atoms with E-state index in [0.717, 1.165) is 22.3 Å². The number of halogens is 2. The monoisotopic (exact) mass is 426 g/mol. The third-order valence-corrected chi connectivity index (χ3v) is 6.69. The predicted octanol–water partition coefficient (Wildman–Crippen LogP) is 8.65. The lowest BCUT2D eigenvalue weighted by molar-refractivity contribution is 1.12. The van der Waals surface area contributed by atoms with E-state index in [1.54, 1.807) is 0 Å². The van der Waals surface area contributed by atoms with E-state index in [1.807, 2.05) is 0 Å². The van der Waals surface area contributed by atoms with Gasteiger partial charge >= 0.3 is 0 Å². The van der Waals surface area contributed by atoms with Gasteiger partial charge in [-0.2, -0.15) is 0 Å². The lowest BCUT2D eigenvalue weighted by atomic mass is 9.95. The molecule has 0 radical (unpaired) electrons. The van der Waals surface area contributed by atoms with Crippen LogP contribution in [0, 0.1) is 0 Å². The standard InChI is InChI=1S/C28H20Cl2/c29-27(25-13-5-9-19-7-1-3-11-23(19)25)21-15-17-22(18-16-21)28(30)26-14-6-10-20-8-2-4-12-24(20)26/h1-18,27-28H. The minimum absolute atomic E-state index is 0.212. The number of hydrogen-bond acceptors (Lipinski definition) is 0. The van der Waals surface area contributed by atoms with Gasteiger partial charge in [0.25, 0.3) is 0 Å². The van der Waals surface area contributed by atoms with E-state index < -0.39 is 0 Å². The number of alkyl halides is 2. The lowest BCUT2D eigenvalue weighted by Gasteiger charge is -2.16. The molecule has 146 valence electrons. The van der Waals surface area contributed by atoms with Crippen LogP contribution in [0.15, 0.2) is 109 Å². The lowest BCUT2D eigenvalue weighted by Crippen LogP contribution is -1.98. The second-order valence-electron chi connectivity index (χ2n) is 7.53. The summed E-state index contributed by atoms with van der Waals surface area (Å²) < 4.78 is 0. The first kappa shape index (κ1) is 19.2. The molecule has 5 aromatic carbocycles. The maximum atomic E-state index is 6.90. The third kappa shape index (κ3) is 3.47. The molecule has 2 heteroatoms. The van der Waals surface area contributed by atoms with Crippen molar-refractivity contribution in [1.82, 2.24) is 0 Å². The molecule has 30 heavy (non-hydrogen) atoms. The Balaban J connectivity index is 1.48. The van der Waals surface area contributed by atoms with Crippen LogP contribution >= 0.6 is 23.2 Å². The van der Waals surface area contributed by atoms with Gasteiger partial charge in [0.15, 0.2) is 0 Å². The van der Waals surface area contributed by atoms with Crippen LogP contribution in [0.1, 0.15) is 33.0 Å². The summed E-state index contributed by atoms with van der Waals surface area (Å²) in [7, 11) is 0. The van der Waals surface area contributed by atoms with Crippen molar-refractivity contribution >= 4 is 44.7 Å². The van der Waals surface area contributed by atoms with Gasteiger partial charge in [-0.1, -0.05) is 109 Å². The van der Waals surface area contributed by atoms with Gasteiger partial charge in [-0.3, -0.25) is 0 Å². The van der Waals surface area contributed by atoms with Gasteiger partial charge in [0.1, 0.15) is 0 Å². The Morgan fingerprint density at radius 1 is 0.400 bits per heavy atom. The molecule has 0 amide bonds. The number of benzene rings is 5. The Bertz CT molecular complexity index is 1210. The zero-order chi connectivity index (χ0) is 20.5. The van der Waals surface area contributed by atoms with Gasteiger partial charge in [0.2, 0.25) is 0 Å². The van der Waals surface area contributed by atoms with Gasteiger partial charge in [-0.05, 0) is 43.8 Å². The predicted molar refractivity (Wildman–Crippen MR) is 130 cm³/mol. The second kappa shape index (κ2) is 8.14. The first-order valence-corrected chi connectivity index (χ1v) is 10.9. The highest BCUT2D eigenvalue weighted by Crippen LogP contribution is 2.37. The Morgan fingerprint density at radius 3 is 1.20 bits per heavy atom. The smallest absolute Gasteiger partial charge is 0.0841 e. The molecule has 0 heterocycles. The fraction of sp³-hybridized carbons (Fsp3) is 0.0714. The van der Waals surface area contributed by atoms with Crippen LogP contribution in [0.3, 0.4) is 0 Å². The molecule has 0 aliphatic carbocycles. The number of fused-ring (bicyclic) bond motifs is 2. The van der Waals surface area contributed by atoms with Gasteiger partial charge in [-0.25, -0.2) is 0 Å².